The smallest absolute Gasteiger partial charge is 0.126 e. The third kappa shape index (κ3) is 2.61. The quantitative estimate of drug-likeness (QED) is 0.774. The van der Waals surface area contributed by atoms with Gasteiger partial charge >= 0.3 is 0 Å². The highest BCUT2D eigenvalue weighted by Crippen LogP contribution is 2.26. The van der Waals surface area contributed by atoms with Gasteiger partial charge in [0.05, 0.1) is 11.7 Å². The fourth-order valence-corrected chi connectivity index (χ4v) is 2.30. The van der Waals surface area contributed by atoms with Gasteiger partial charge < -0.3 is 5.32 Å². The van der Waals surface area contributed by atoms with Gasteiger partial charge in [-0.25, -0.2) is 4.98 Å². The third-order valence-electron chi connectivity index (χ3n) is 3.58. The van der Waals surface area contributed by atoms with Crippen LogP contribution >= 0.6 is 0 Å². The summed E-state index contributed by atoms with van der Waals surface area (Å²) in [4.78, 5) is 4.34. The molecule has 0 fully saturated rings. The number of pyridine rings is 1. The fraction of sp³-hybridized carbons (Fsp3) is 0.294. The normalized spacial score (nSPS) is 11.8. The zero-order chi connectivity index (χ0) is 15.0. The molecule has 0 saturated heterocycles. The van der Waals surface area contributed by atoms with Crippen LogP contribution in [0.5, 0.6) is 0 Å². The number of fused-ring (bicyclic) bond motifs is 1. The van der Waals surface area contributed by atoms with E-state index >= 15 is 0 Å². The van der Waals surface area contributed by atoms with Gasteiger partial charge in [-0.3, -0.25) is 4.68 Å². The molecule has 4 nitrogen and oxygen atoms in total. The van der Waals surface area contributed by atoms with E-state index in [0.29, 0.717) is 0 Å². The molecule has 4 heteroatoms. The first-order valence-electron chi connectivity index (χ1n) is 7.10. The van der Waals surface area contributed by atoms with Crippen LogP contribution in [0.1, 0.15) is 20.8 Å². The summed E-state index contributed by atoms with van der Waals surface area (Å²) in [6.07, 6.45) is 5.91. The van der Waals surface area contributed by atoms with Crippen molar-refractivity contribution in [3.63, 3.8) is 0 Å². The van der Waals surface area contributed by atoms with Gasteiger partial charge in [-0.15, -0.1) is 0 Å². The summed E-state index contributed by atoms with van der Waals surface area (Å²) in [6.45, 7) is 6.44. The van der Waals surface area contributed by atoms with E-state index < -0.39 is 0 Å². The minimum Gasteiger partial charge on any atom is -0.373 e. The lowest BCUT2D eigenvalue weighted by Gasteiger charge is -2.18. The van der Waals surface area contributed by atoms with Gasteiger partial charge in [-0.05, 0) is 43.9 Å². The van der Waals surface area contributed by atoms with Crippen molar-refractivity contribution >= 4 is 16.6 Å². The summed E-state index contributed by atoms with van der Waals surface area (Å²) < 4.78 is 2.00. The molecule has 2 aromatic heterocycles. The standard InChI is InChI=1S/C17H20N4/c1-17(2,3)21-11-15(10-20-21)12-5-6-13-9-19-16(18-4)8-14(13)7-12/h5-11H,1-4H3,(H,18,19). The molecule has 21 heavy (non-hydrogen) atoms. The van der Waals surface area contributed by atoms with E-state index in [-0.39, 0.29) is 5.54 Å². The lowest BCUT2D eigenvalue weighted by Crippen LogP contribution is -2.21. The number of benzene rings is 1. The number of aromatic nitrogens is 3. The summed E-state index contributed by atoms with van der Waals surface area (Å²) in [5.74, 6) is 0.880. The van der Waals surface area contributed by atoms with Gasteiger partial charge in [0.1, 0.15) is 5.82 Å². The first-order valence-corrected chi connectivity index (χ1v) is 7.10. The number of hydrogen-bond acceptors (Lipinski definition) is 3. The van der Waals surface area contributed by atoms with Crippen LogP contribution in [0.2, 0.25) is 0 Å². The van der Waals surface area contributed by atoms with E-state index in [1.807, 2.05) is 24.1 Å². The zero-order valence-electron chi connectivity index (χ0n) is 12.9. The van der Waals surface area contributed by atoms with Crippen LogP contribution in [0.4, 0.5) is 5.82 Å². The maximum absolute atomic E-state index is 4.47. The molecule has 3 aromatic rings. The zero-order valence-corrected chi connectivity index (χ0v) is 12.9. The highest BCUT2D eigenvalue weighted by atomic mass is 15.3. The van der Waals surface area contributed by atoms with Gasteiger partial charge in [0.15, 0.2) is 0 Å². The first kappa shape index (κ1) is 13.6. The Kier molecular flexibility index (Phi) is 3.16. The van der Waals surface area contributed by atoms with Crippen LogP contribution in [0.3, 0.4) is 0 Å². The summed E-state index contributed by atoms with van der Waals surface area (Å²) in [5.41, 5.74) is 2.30. The van der Waals surface area contributed by atoms with Crippen molar-refractivity contribution in [1.29, 1.82) is 0 Å². The molecule has 1 N–H and O–H groups in total. The van der Waals surface area contributed by atoms with Crippen LogP contribution in [0.15, 0.2) is 42.9 Å². The minimum atomic E-state index is -0.00167. The lowest BCUT2D eigenvalue weighted by molar-refractivity contribution is 0.355. The number of hydrogen-bond donors (Lipinski definition) is 1. The molecule has 0 atom stereocenters. The second-order valence-electron chi connectivity index (χ2n) is 6.23. The maximum Gasteiger partial charge on any atom is 0.126 e. The monoisotopic (exact) mass is 280 g/mol. The van der Waals surface area contributed by atoms with Crippen molar-refractivity contribution in [3.05, 3.63) is 42.9 Å². The third-order valence-corrected chi connectivity index (χ3v) is 3.58. The predicted molar refractivity (Wildman–Crippen MR) is 87.5 cm³/mol. The second kappa shape index (κ2) is 4.88. The Morgan fingerprint density at radius 2 is 1.81 bits per heavy atom. The Labute approximate surface area is 124 Å². The average molecular weight is 280 g/mol. The van der Waals surface area contributed by atoms with Crippen molar-refractivity contribution in [3.8, 4) is 11.1 Å². The maximum atomic E-state index is 4.47. The Morgan fingerprint density at radius 1 is 1.00 bits per heavy atom. The van der Waals surface area contributed by atoms with Gasteiger partial charge in [-0.1, -0.05) is 12.1 Å². The first-order chi connectivity index (χ1) is 9.97. The lowest BCUT2D eigenvalue weighted by atomic mass is 10.0. The Hall–Kier alpha value is -2.36. The van der Waals surface area contributed by atoms with Crippen LogP contribution in [0, 0.1) is 0 Å². The molecule has 0 spiro atoms. The van der Waals surface area contributed by atoms with Crippen LogP contribution in [-0.2, 0) is 5.54 Å². The summed E-state index contributed by atoms with van der Waals surface area (Å²) in [5, 5.41) is 9.86. The summed E-state index contributed by atoms with van der Waals surface area (Å²) >= 11 is 0. The molecule has 0 unspecified atom stereocenters. The molecular weight excluding hydrogens is 260 g/mol. The SMILES string of the molecule is CNc1cc2cc(-c3cnn(C(C)(C)C)c3)ccc2cn1. The molecule has 0 aliphatic heterocycles. The van der Waals surface area contributed by atoms with E-state index in [0.717, 1.165) is 16.8 Å². The molecule has 2 heterocycles. The highest BCUT2D eigenvalue weighted by Gasteiger charge is 2.14. The van der Waals surface area contributed by atoms with Crippen molar-refractivity contribution in [2.24, 2.45) is 0 Å². The van der Waals surface area contributed by atoms with Gasteiger partial charge in [0.2, 0.25) is 0 Å². The van der Waals surface area contributed by atoms with Crippen LogP contribution < -0.4 is 5.32 Å². The molecule has 0 amide bonds. The minimum absolute atomic E-state index is 0.00167. The largest absolute Gasteiger partial charge is 0.373 e. The molecular formula is C17H20N4. The number of anilines is 1. The number of nitrogens with zero attached hydrogens (tertiary/aromatic N) is 3. The predicted octanol–water partition coefficient (Wildman–Crippen LogP) is 3.90. The van der Waals surface area contributed by atoms with E-state index in [2.05, 4.69) is 66.6 Å². The van der Waals surface area contributed by atoms with Crippen LogP contribution in [-0.4, -0.2) is 21.8 Å². The average Bonchev–Trinajstić information content (AvgIpc) is 2.96. The Balaban J connectivity index is 2.06. The Bertz CT molecular complexity index is 781. The van der Waals surface area contributed by atoms with E-state index in [4.69, 9.17) is 0 Å². The molecule has 0 radical (unpaired) electrons. The molecule has 0 aliphatic rings. The molecule has 108 valence electrons. The second-order valence-corrected chi connectivity index (χ2v) is 6.23. The van der Waals surface area contributed by atoms with Gasteiger partial charge in [-0.2, -0.15) is 5.10 Å². The molecule has 0 saturated carbocycles. The molecule has 3 rings (SSSR count). The number of nitrogens with one attached hydrogen (secondary N) is 1. The van der Waals surface area contributed by atoms with Crippen molar-refractivity contribution < 1.29 is 0 Å². The van der Waals surface area contributed by atoms with Gasteiger partial charge in [0, 0.05) is 30.4 Å². The molecule has 0 aliphatic carbocycles. The van der Waals surface area contributed by atoms with E-state index in [1.54, 1.807) is 0 Å². The molecule has 0 bridgehead atoms. The van der Waals surface area contributed by atoms with Crippen molar-refractivity contribution in [1.82, 2.24) is 14.8 Å². The summed E-state index contributed by atoms with van der Waals surface area (Å²) in [6, 6.07) is 8.47. The van der Waals surface area contributed by atoms with Crippen LogP contribution in [0.25, 0.3) is 21.9 Å². The Morgan fingerprint density at radius 3 is 2.48 bits per heavy atom. The topological polar surface area (TPSA) is 42.7 Å². The summed E-state index contributed by atoms with van der Waals surface area (Å²) in [7, 11) is 1.88. The van der Waals surface area contributed by atoms with Crippen molar-refractivity contribution in [2.45, 2.75) is 26.3 Å². The molecule has 1 aromatic carbocycles. The van der Waals surface area contributed by atoms with E-state index in [1.165, 1.54) is 10.9 Å². The van der Waals surface area contributed by atoms with E-state index in [9.17, 15) is 0 Å². The fourth-order valence-electron chi connectivity index (χ4n) is 2.30. The van der Waals surface area contributed by atoms with Gasteiger partial charge in [0.25, 0.3) is 0 Å². The number of rotatable bonds is 2. The highest BCUT2D eigenvalue weighted by molar-refractivity contribution is 5.88. The van der Waals surface area contributed by atoms with Crippen molar-refractivity contribution in [2.75, 3.05) is 12.4 Å².